The number of nitrogens with zero attached hydrogens (tertiary/aromatic N) is 1. The molecule has 0 atom stereocenters. The predicted molar refractivity (Wildman–Crippen MR) is 67.1 cm³/mol. The van der Waals surface area contributed by atoms with Crippen LogP contribution in [0.1, 0.15) is 37.4 Å². The summed E-state index contributed by atoms with van der Waals surface area (Å²) in [5, 5.41) is 2.75. The first-order valence-corrected chi connectivity index (χ1v) is 7.63. The lowest BCUT2D eigenvalue weighted by atomic mass is 10.1. The van der Waals surface area contributed by atoms with Crippen molar-refractivity contribution in [2.75, 3.05) is 5.75 Å². The molecule has 0 fully saturated rings. The standard InChI is InChI=1S/C10H16N2O3S2/c1-5-17(14,15)9-11-6-7(16-9)8(13)12-10(2,3)4/h6H,5H2,1-4H3,(H,12,13). The summed E-state index contributed by atoms with van der Waals surface area (Å²) >= 11 is 0.902. The van der Waals surface area contributed by atoms with Crippen LogP contribution in [0, 0.1) is 0 Å². The van der Waals surface area contributed by atoms with Gasteiger partial charge in [0, 0.05) is 5.54 Å². The topological polar surface area (TPSA) is 76.1 Å². The van der Waals surface area contributed by atoms with Crippen LogP contribution < -0.4 is 5.32 Å². The van der Waals surface area contributed by atoms with Crippen LogP contribution in [-0.4, -0.2) is 30.6 Å². The van der Waals surface area contributed by atoms with Gasteiger partial charge in [0.05, 0.1) is 11.9 Å². The van der Waals surface area contributed by atoms with E-state index in [9.17, 15) is 13.2 Å². The lowest BCUT2D eigenvalue weighted by Crippen LogP contribution is -2.40. The van der Waals surface area contributed by atoms with Gasteiger partial charge in [0.1, 0.15) is 4.88 Å². The highest BCUT2D eigenvalue weighted by Crippen LogP contribution is 2.19. The Kier molecular flexibility index (Phi) is 3.93. The van der Waals surface area contributed by atoms with E-state index in [1.54, 1.807) is 6.92 Å². The lowest BCUT2D eigenvalue weighted by Gasteiger charge is -2.19. The molecule has 0 saturated carbocycles. The van der Waals surface area contributed by atoms with Crippen molar-refractivity contribution in [3.8, 4) is 0 Å². The average Bonchev–Trinajstić information content (AvgIpc) is 2.64. The van der Waals surface area contributed by atoms with E-state index in [1.165, 1.54) is 6.20 Å². The quantitative estimate of drug-likeness (QED) is 0.907. The van der Waals surface area contributed by atoms with Crippen molar-refractivity contribution in [3.63, 3.8) is 0 Å². The van der Waals surface area contributed by atoms with Crippen LogP contribution in [0.15, 0.2) is 10.5 Å². The van der Waals surface area contributed by atoms with Crippen molar-refractivity contribution in [1.82, 2.24) is 10.3 Å². The molecule has 0 unspecified atom stereocenters. The predicted octanol–water partition coefficient (Wildman–Crippen LogP) is 1.46. The fourth-order valence-electron chi connectivity index (χ4n) is 1.03. The molecule has 1 amide bonds. The molecule has 0 radical (unpaired) electrons. The number of amides is 1. The third-order valence-electron chi connectivity index (χ3n) is 1.84. The lowest BCUT2D eigenvalue weighted by molar-refractivity contribution is 0.0923. The Morgan fingerprint density at radius 2 is 2.06 bits per heavy atom. The van der Waals surface area contributed by atoms with Crippen LogP contribution in [0.3, 0.4) is 0 Å². The van der Waals surface area contributed by atoms with Crippen LogP contribution in [0.4, 0.5) is 0 Å². The molecule has 1 N–H and O–H groups in total. The van der Waals surface area contributed by atoms with Gasteiger partial charge >= 0.3 is 0 Å². The minimum atomic E-state index is -3.33. The minimum Gasteiger partial charge on any atom is -0.347 e. The molecule has 1 aromatic heterocycles. The molecule has 0 saturated heterocycles. The molecular formula is C10H16N2O3S2. The second-order valence-corrected chi connectivity index (χ2v) is 8.08. The summed E-state index contributed by atoms with van der Waals surface area (Å²) in [6, 6.07) is 0. The first-order valence-electron chi connectivity index (χ1n) is 5.17. The van der Waals surface area contributed by atoms with Gasteiger partial charge in [-0.25, -0.2) is 13.4 Å². The molecule has 0 spiro atoms. The molecule has 1 rings (SSSR count). The Morgan fingerprint density at radius 1 is 1.47 bits per heavy atom. The maximum absolute atomic E-state index is 11.8. The Bertz CT molecular complexity index is 512. The Hall–Kier alpha value is -0.950. The summed E-state index contributed by atoms with van der Waals surface area (Å²) in [6.07, 6.45) is 1.30. The van der Waals surface area contributed by atoms with Crippen molar-refractivity contribution in [3.05, 3.63) is 11.1 Å². The van der Waals surface area contributed by atoms with E-state index in [2.05, 4.69) is 10.3 Å². The monoisotopic (exact) mass is 276 g/mol. The zero-order chi connectivity index (χ0) is 13.3. The molecule has 1 heterocycles. The molecule has 0 aliphatic carbocycles. The highest BCUT2D eigenvalue weighted by atomic mass is 32.2. The summed E-state index contributed by atoms with van der Waals surface area (Å²) in [7, 11) is -3.33. The van der Waals surface area contributed by atoms with Gasteiger partial charge in [0.2, 0.25) is 14.2 Å². The molecule has 0 aromatic carbocycles. The van der Waals surface area contributed by atoms with E-state index in [0.29, 0.717) is 4.88 Å². The molecule has 5 nitrogen and oxygen atoms in total. The summed E-state index contributed by atoms with van der Waals surface area (Å²) in [5.41, 5.74) is -0.356. The molecule has 17 heavy (non-hydrogen) atoms. The van der Waals surface area contributed by atoms with Crippen LogP contribution in [-0.2, 0) is 9.84 Å². The number of aromatic nitrogens is 1. The van der Waals surface area contributed by atoms with Gasteiger partial charge in [0.25, 0.3) is 5.91 Å². The molecule has 96 valence electrons. The van der Waals surface area contributed by atoms with Crippen LogP contribution in [0.2, 0.25) is 0 Å². The normalized spacial score (nSPS) is 12.5. The van der Waals surface area contributed by atoms with E-state index < -0.39 is 9.84 Å². The molecular weight excluding hydrogens is 260 g/mol. The highest BCUT2D eigenvalue weighted by Gasteiger charge is 2.21. The highest BCUT2D eigenvalue weighted by molar-refractivity contribution is 7.93. The van der Waals surface area contributed by atoms with E-state index in [1.807, 2.05) is 20.8 Å². The van der Waals surface area contributed by atoms with Crippen molar-refractivity contribution in [2.45, 2.75) is 37.6 Å². The summed E-state index contributed by atoms with van der Waals surface area (Å²) in [6.45, 7) is 7.12. The van der Waals surface area contributed by atoms with Gasteiger partial charge in [0.15, 0.2) is 0 Å². The van der Waals surface area contributed by atoms with Crippen molar-refractivity contribution in [2.24, 2.45) is 0 Å². The Labute approximate surface area is 105 Å². The third kappa shape index (κ3) is 3.78. The molecule has 1 aromatic rings. The van der Waals surface area contributed by atoms with Crippen molar-refractivity contribution >= 4 is 27.1 Å². The van der Waals surface area contributed by atoms with Crippen molar-refractivity contribution in [1.29, 1.82) is 0 Å². The Morgan fingerprint density at radius 3 is 2.53 bits per heavy atom. The van der Waals surface area contributed by atoms with Crippen LogP contribution >= 0.6 is 11.3 Å². The fourth-order valence-corrected chi connectivity index (χ4v) is 3.17. The summed E-state index contributed by atoms with van der Waals surface area (Å²) < 4.78 is 23.1. The summed E-state index contributed by atoms with van der Waals surface area (Å²) in [4.78, 5) is 15.8. The second-order valence-electron chi connectivity index (χ2n) is 4.60. The smallest absolute Gasteiger partial charge is 0.263 e. The van der Waals surface area contributed by atoms with E-state index in [0.717, 1.165) is 11.3 Å². The van der Waals surface area contributed by atoms with Crippen LogP contribution in [0.5, 0.6) is 0 Å². The first-order chi connectivity index (χ1) is 7.65. The number of thiazole rings is 1. The number of carbonyl (C=O) groups excluding carboxylic acids is 1. The van der Waals surface area contributed by atoms with Crippen molar-refractivity contribution < 1.29 is 13.2 Å². The molecule has 0 aliphatic rings. The zero-order valence-corrected chi connectivity index (χ0v) is 11.9. The molecule has 0 bridgehead atoms. The van der Waals surface area contributed by atoms with E-state index >= 15 is 0 Å². The van der Waals surface area contributed by atoms with E-state index in [4.69, 9.17) is 0 Å². The Balaban J connectivity index is 2.93. The van der Waals surface area contributed by atoms with Gasteiger partial charge in [-0.05, 0) is 20.8 Å². The van der Waals surface area contributed by atoms with E-state index in [-0.39, 0.29) is 21.5 Å². The second kappa shape index (κ2) is 4.73. The van der Waals surface area contributed by atoms with Gasteiger partial charge in [-0.2, -0.15) is 0 Å². The maximum Gasteiger partial charge on any atom is 0.263 e. The van der Waals surface area contributed by atoms with Gasteiger partial charge in [-0.1, -0.05) is 18.3 Å². The number of carbonyl (C=O) groups is 1. The fraction of sp³-hybridized carbons (Fsp3) is 0.600. The van der Waals surface area contributed by atoms with Gasteiger partial charge in [-0.3, -0.25) is 4.79 Å². The maximum atomic E-state index is 11.8. The van der Waals surface area contributed by atoms with Gasteiger partial charge in [-0.15, -0.1) is 0 Å². The number of hydrogen-bond donors (Lipinski definition) is 1. The molecule has 0 aliphatic heterocycles. The average molecular weight is 276 g/mol. The largest absolute Gasteiger partial charge is 0.347 e. The number of nitrogens with one attached hydrogen (secondary N) is 1. The first kappa shape index (κ1) is 14.1. The third-order valence-corrected chi connectivity index (χ3v) is 5.04. The summed E-state index contributed by atoms with van der Waals surface area (Å²) in [5.74, 6) is -0.312. The molecule has 7 heteroatoms. The minimum absolute atomic E-state index is 0.000871. The van der Waals surface area contributed by atoms with Gasteiger partial charge < -0.3 is 5.32 Å². The number of sulfone groups is 1. The van der Waals surface area contributed by atoms with Crippen LogP contribution in [0.25, 0.3) is 0 Å². The SMILES string of the molecule is CCS(=O)(=O)c1ncc(C(=O)NC(C)(C)C)s1. The zero-order valence-electron chi connectivity index (χ0n) is 10.3. The number of rotatable bonds is 3. The number of hydrogen-bond acceptors (Lipinski definition) is 5.